The van der Waals surface area contributed by atoms with Gasteiger partial charge in [-0.3, -0.25) is 4.79 Å². The first-order chi connectivity index (χ1) is 12.7. The van der Waals surface area contributed by atoms with Crippen LogP contribution in [0.25, 0.3) is 0 Å². The molecule has 0 aliphatic carbocycles. The highest BCUT2D eigenvalue weighted by Gasteiger charge is 2.15. The van der Waals surface area contributed by atoms with Crippen LogP contribution in [0.4, 0.5) is 0 Å². The molecule has 0 spiro atoms. The normalized spacial score (nSPS) is 10.4. The summed E-state index contributed by atoms with van der Waals surface area (Å²) in [6.07, 6.45) is 2.84. The molecule has 0 unspecified atom stereocenters. The van der Waals surface area contributed by atoms with Gasteiger partial charge in [-0.15, -0.1) is 17.0 Å². The molecule has 0 aromatic heterocycles. The van der Waals surface area contributed by atoms with E-state index in [1.165, 1.54) is 21.5 Å². The molecule has 27 heavy (non-hydrogen) atoms. The average molecular weight is 443 g/mol. The van der Waals surface area contributed by atoms with Gasteiger partial charge in [0.05, 0.1) is 0 Å². The molecule has 3 rings (SSSR count). The van der Waals surface area contributed by atoms with Crippen LogP contribution in [0.15, 0.2) is 84.9 Å². The highest BCUT2D eigenvalue weighted by Crippen LogP contribution is 2.32. The van der Waals surface area contributed by atoms with E-state index in [0.29, 0.717) is 0 Å². The minimum Gasteiger partial charge on any atom is -0.481 e. The largest absolute Gasteiger partial charge is 0.481 e. The van der Waals surface area contributed by atoms with Crippen molar-refractivity contribution < 1.29 is 9.90 Å². The Morgan fingerprint density at radius 3 is 1.67 bits per heavy atom. The second-order valence-electron chi connectivity index (χ2n) is 6.27. The molecule has 140 valence electrons. The predicted molar refractivity (Wildman–Crippen MR) is 121 cm³/mol. The Labute approximate surface area is 172 Å². The molecule has 0 radical (unpaired) electrons. The SMILES string of the molecule is Br.O=C(O)CCCCc1ccc(P(c2ccccc2)c2ccccc2)cc1. The van der Waals surface area contributed by atoms with Crippen molar-refractivity contribution in [3.63, 3.8) is 0 Å². The molecule has 0 fully saturated rings. The van der Waals surface area contributed by atoms with Gasteiger partial charge in [-0.2, -0.15) is 0 Å². The number of halogens is 1. The summed E-state index contributed by atoms with van der Waals surface area (Å²) in [5, 5.41) is 12.8. The first-order valence-corrected chi connectivity index (χ1v) is 10.3. The summed E-state index contributed by atoms with van der Waals surface area (Å²) in [4.78, 5) is 10.6. The quantitative estimate of drug-likeness (QED) is 0.401. The maximum absolute atomic E-state index is 10.6. The zero-order chi connectivity index (χ0) is 18.2. The standard InChI is InChI=1S/C23H23O2P.BrH/c24-23(25)14-8-7-9-19-15-17-22(18-16-19)26(20-10-3-1-4-11-20)21-12-5-2-6-13-21;/h1-6,10-13,15-18H,7-9,14H2,(H,24,25);1H. The van der Waals surface area contributed by atoms with Crippen molar-refractivity contribution in [2.75, 3.05) is 0 Å². The maximum atomic E-state index is 10.6. The summed E-state index contributed by atoms with van der Waals surface area (Å²) in [6.45, 7) is 0. The molecule has 0 bridgehead atoms. The molecule has 2 nitrogen and oxygen atoms in total. The monoisotopic (exact) mass is 442 g/mol. The second-order valence-corrected chi connectivity index (χ2v) is 8.49. The zero-order valence-electron chi connectivity index (χ0n) is 15.1. The van der Waals surface area contributed by atoms with E-state index in [1.54, 1.807) is 0 Å². The van der Waals surface area contributed by atoms with Crippen molar-refractivity contribution in [2.45, 2.75) is 25.7 Å². The average Bonchev–Trinajstić information content (AvgIpc) is 2.68. The number of carboxylic acid groups (broad SMARTS) is 1. The summed E-state index contributed by atoms with van der Waals surface area (Å²) in [5.41, 5.74) is 1.27. The molecule has 0 amide bonds. The van der Waals surface area contributed by atoms with E-state index in [1.807, 2.05) is 0 Å². The molecule has 1 N–H and O–H groups in total. The van der Waals surface area contributed by atoms with Crippen molar-refractivity contribution in [2.24, 2.45) is 0 Å². The van der Waals surface area contributed by atoms with Crippen molar-refractivity contribution in [1.82, 2.24) is 0 Å². The molecule has 0 saturated carbocycles. The lowest BCUT2D eigenvalue weighted by Crippen LogP contribution is -2.20. The van der Waals surface area contributed by atoms with Crippen LogP contribution in [0.5, 0.6) is 0 Å². The molecule has 3 aromatic carbocycles. The highest BCUT2D eigenvalue weighted by molar-refractivity contribution is 8.93. The summed E-state index contributed by atoms with van der Waals surface area (Å²) in [7, 11) is -0.561. The Balaban J connectivity index is 0.00000261. The minimum absolute atomic E-state index is 0. The first-order valence-electron chi connectivity index (χ1n) is 8.95. The molecule has 0 atom stereocenters. The van der Waals surface area contributed by atoms with E-state index in [0.717, 1.165) is 19.3 Å². The van der Waals surface area contributed by atoms with Crippen molar-refractivity contribution in [1.29, 1.82) is 0 Å². The van der Waals surface area contributed by atoms with Gasteiger partial charge in [0.15, 0.2) is 0 Å². The summed E-state index contributed by atoms with van der Waals surface area (Å²) >= 11 is 0. The molecule has 0 aliphatic heterocycles. The fourth-order valence-corrected chi connectivity index (χ4v) is 5.30. The predicted octanol–water partition coefficient (Wildman–Crippen LogP) is 4.82. The van der Waals surface area contributed by atoms with Gasteiger partial charge in [0.2, 0.25) is 0 Å². The molecule has 3 aromatic rings. The van der Waals surface area contributed by atoms with E-state index in [9.17, 15) is 4.79 Å². The number of unbranched alkanes of at least 4 members (excludes halogenated alkanes) is 1. The van der Waals surface area contributed by atoms with Crippen molar-refractivity contribution in [3.8, 4) is 0 Å². The van der Waals surface area contributed by atoms with E-state index in [-0.39, 0.29) is 23.4 Å². The van der Waals surface area contributed by atoms with Gasteiger partial charge in [0, 0.05) is 6.42 Å². The number of hydrogen-bond acceptors (Lipinski definition) is 1. The van der Waals surface area contributed by atoms with Crippen LogP contribution in [0.3, 0.4) is 0 Å². The van der Waals surface area contributed by atoms with Crippen LogP contribution in [-0.2, 0) is 11.2 Å². The van der Waals surface area contributed by atoms with Crippen LogP contribution in [0, 0.1) is 0 Å². The summed E-state index contributed by atoms with van der Waals surface area (Å²) in [5.74, 6) is -0.711. The fraction of sp³-hybridized carbons (Fsp3) is 0.174. The van der Waals surface area contributed by atoms with Gasteiger partial charge >= 0.3 is 5.97 Å². The zero-order valence-corrected chi connectivity index (χ0v) is 17.7. The number of hydrogen-bond donors (Lipinski definition) is 1. The molecular weight excluding hydrogens is 419 g/mol. The second kappa shape index (κ2) is 11.0. The number of aliphatic carboxylic acids is 1. The molecule has 0 saturated heterocycles. The fourth-order valence-electron chi connectivity index (χ4n) is 3.02. The van der Waals surface area contributed by atoms with Crippen LogP contribution in [-0.4, -0.2) is 11.1 Å². The van der Waals surface area contributed by atoms with Gasteiger partial charge in [-0.05, 0) is 48.7 Å². The Bertz CT molecular complexity index is 781. The van der Waals surface area contributed by atoms with Crippen molar-refractivity contribution >= 4 is 46.8 Å². The molecular formula is C23H24BrO2P. The number of benzene rings is 3. The summed E-state index contributed by atoms with van der Waals surface area (Å²) in [6, 6.07) is 30.2. The molecule has 0 heterocycles. The van der Waals surface area contributed by atoms with Crippen LogP contribution in [0.2, 0.25) is 0 Å². The Kier molecular flexibility index (Phi) is 8.71. The van der Waals surface area contributed by atoms with E-state index in [2.05, 4.69) is 84.9 Å². The topological polar surface area (TPSA) is 37.3 Å². The Morgan fingerprint density at radius 1 is 0.704 bits per heavy atom. The van der Waals surface area contributed by atoms with Crippen LogP contribution in [0.1, 0.15) is 24.8 Å². The van der Waals surface area contributed by atoms with Gasteiger partial charge in [-0.25, -0.2) is 0 Å². The lowest BCUT2D eigenvalue weighted by atomic mass is 10.1. The van der Waals surface area contributed by atoms with Gasteiger partial charge in [0.25, 0.3) is 0 Å². The third-order valence-electron chi connectivity index (χ3n) is 4.33. The smallest absolute Gasteiger partial charge is 0.303 e. The third kappa shape index (κ3) is 6.30. The Hall–Kier alpha value is -1.96. The molecule has 4 heteroatoms. The minimum atomic E-state index is -0.711. The number of carboxylic acids is 1. The van der Waals surface area contributed by atoms with Crippen LogP contribution < -0.4 is 15.9 Å². The van der Waals surface area contributed by atoms with E-state index >= 15 is 0 Å². The lowest BCUT2D eigenvalue weighted by Gasteiger charge is -2.19. The molecule has 0 aliphatic rings. The highest BCUT2D eigenvalue weighted by atomic mass is 79.9. The number of carbonyl (C=O) groups is 1. The van der Waals surface area contributed by atoms with Gasteiger partial charge in [0.1, 0.15) is 0 Å². The van der Waals surface area contributed by atoms with E-state index in [4.69, 9.17) is 5.11 Å². The van der Waals surface area contributed by atoms with E-state index < -0.39 is 13.9 Å². The Morgan fingerprint density at radius 2 is 1.19 bits per heavy atom. The van der Waals surface area contributed by atoms with Crippen molar-refractivity contribution in [3.05, 3.63) is 90.5 Å². The lowest BCUT2D eigenvalue weighted by molar-refractivity contribution is -0.137. The van der Waals surface area contributed by atoms with Gasteiger partial charge < -0.3 is 5.11 Å². The van der Waals surface area contributed by atoms with Crippen LogP contribution >= 0.6 is 24.9 Å². The number of aryl methyl sites for hydroxylation is 1. The third-order valence-corrected chi connectivity index (χ3v) is 6.77. The van der Waals surface area contributed by atoms with Gasteiger partial charge in [-0.1, -0.05) is 84.9 Å². The maximum Gasteiger partial charge on any atom is 0.303 e. The first kappa shape index (κ1) is 21.3. The number of rotatable bonds is 8. The summed E-state index contributed by atoms with van der Waals surface area (Å²) < 4.78 is 0.